The largest absolute Gasteiger partial charge is 0.347 e. The number of hydrogen-bond donors (Lipinski definition) is 0. The minimum Gasteiger partial charge on any atom is -0.347 e. The molecule has 2 aromatic rings. The molecule has 0 radical (unpaired) electrons. The average Bonchev–Trinajstić information content (AvgIpc) is 2.99. The fourth-order valence-corrected chi connectivity index (χ4v) is 3.91. The molecule has 128 valence electrons. The number of para-hydroxylation sites is 2. The van der Waals surface area contributed by atoms with Crippen molar-refractivity contribution < 1.29 is 0 Å². The zero-order valence-corrected chi connectivity index (χ0v) is 15.9. The number of likely N-dealkylation sites (N-methyl/N-ethyl adjacent to an activating group) is 1. The third-order valence-corrected chi connectivity index (χ3v) is 5.22. The van der Waals surface area contributed by atoms with E-state index >= 15 is 0 Å². The molecule has 0 aromatic heterocycles. The molecule has 0 spiro atoms. The van der Waals surface area contributed by atoms with Crippen LogP contribution in [0.15, 0.2) is 71.4 Å². The van der Waals surface area contributed by atoms with Crippen LogP contribution in [0.2, 0.25) is 0 Å². The van der Waals surface area contributed by atoms with Gasteiger partial charge in [0.25, 0.3) is 0 Å². The highest BCUT2D eigenvalue weighted by Crippen LogP contribution is 2.46. The minimum atomic E-state index is 0. The lowest BCUT2D eigenvalue weighted by Crippen LogP contribution is -2.22. The van der Waals surface area contributed by atoms with Gasteiger partial charge >= 0.3 is 0 Å². The number of allylic oxidation sites excluding steroid dienone is 4. The van der Waals surface area contributed by atoms with E-state index in [2.05, 4.69) is 92.3 Å². The van der Waals surface area contributed by atoms with E-state index in [0.717, 1.165) is 11.4 Å². The molecular weight excluding hydrogens is 328 g/mol. The van der Waals surface area contributed by atoms with Gasteiger partial charge in [-0.25, -0.2) is 0 Å². The zero-order valence-electron chi connectivity index (χ0n) is 15.1. The number of rotatable bonds is 1. The first-order chi connectivity index (χ1) is 11.5. The number of benzene rings is 2. The number of anilines is 1. The predicted molar refractivity (Wildman–Crippen MR) is 110 cm³/mol. The van der Waals surface area contributed by atoms with E-state index < -0.39 is 0 Å². The Balaban J connectivity index is 0.00000182. The van der Waals surface area contributed by atoms with E-state index in [0.29, 0.717) is 0 Å². The summed E-state index contributed by atoms with van der Waals surface area (Å²) in [6, 6.07) is 17.0. The van der Waals surface area contributed by atoms with Gasteiger partial charge in [-0.1, -0.05) is 56.3 Å². The van der Waals surface area contributed by atoms with Crippen LogP contribution in [-0.4, -0.2) is 12.8 Å². The highest BCUT2D eigenvalue weighted by atomic mass is 35.5. The molecular formula is C22H23ClN2. The molecule has 0 saturated carbocycles. The molecule has 3 heteroatoms. The Kier molecular flexibility index (Phi) is 4.34. The summed E-state index contributed by atoms with van der Waals surface area (Å²) in [4.78, 5) is 6.98. The van der Waals surface area contributed by atoms with Crippen LogP contribution in [-0.2, 0) is 5.41 Å². The summed E-state index contributed by atoms with van der Waals surface area (Å²) in [5.41, 5.74) is 8.60. The van der Waals surface area contributed by atoms with Crippen molar-refractivity contribution in [2.45, 2.75) is 26.2 Å². The molecule has 0 saturated heterocycles. The van der Waals surface area contributed by atoms with Crippen molar-refractivity contribution in [2.75, 3.05) is 11.9 Å². The van der Waals surface area contributed by atoms with Gasteiger partial charge in [-0.2, -0.15) is 0 Å². The SMILES string of the molecule is CC1=Nc2ccccc2/C1=C/C=C1/N(C)c2ccccc2C1(C)C.Cl. The molecule has 0 bridgehead atoms. The van der Waals surface area contributed by atoms with Crippen molar-refractivity contribution in [1.82, 2.24) is 0 Å². The first-order valence-electron chi connectivity index (χ1n) is 8.41. The minimum absolute atomic E-state index is 0. The van der Waals surface area contributed by atoms with Gasteiger partial charge in [0.05, 0.1) is 5.69 Å². The molecule has 4 rings (SSSR count). The second kappa shape index (κ2) is 6.20. The van der Waals surface area contributed by atoms with E-state index in [1.54, 1.807) is 0 Å². The van der Waals surface area contributed by atoms with Crippen molar-refractivity contribution in [3.05, 3.63) is 77.5 Å². The smallest absolute Gasteiger partial charge is 0.0712 e. The van der Waals surface area contributed by atoms with Crippen LogP contribution in [0.1, 0.15) is 31.9 Å². The Hall–Kier alpha value is -2.32. The van der Waals surface area contributed by atoms with E-state index in [1.165, 1.54) is 28.1 Å². The molecule has 25 heavy (non-hydrogen) atoms. The van der Waals surface area contributed by atoms with Gasteiger partial charge in [0.2, 0.25) is 0 Å². The average molecular weight is 351 g/mol. The molecule has 0 amide bonds. The zero-order chi connectivity index (χ0) is 16.9. The number of nitrogens with zero attached hydrogens (tertiary/aromatic N) is 2. The summed E-state index contributed by atoms with van der Waals surface area (Å²) in [6.45, 7) is 6.68. The maximum Gasteiger partial charge on any atom is 0.0712 e. The van der Waals surface area contributed by atoms with Crippen molar-refractivity contribution in [3.8, 4) is 0 Å². The van der Waals surface area contributed by atoms with Crippen molar-refractivity contribution in [1.29, 1.82) is 0 Å². The van der Waals surface area contributed by atoms with E-state index in [1.807, 2.05) is 6.07 Å². The summed E-state index contributed by atoms with van der Waals surface area (Å²) in [5, 5.41) is 0. The first-order valence-corrected chi connectivity index (χ1v) is 8.41. The third-order valence-electron chi connectivity index (χ3n) is 5.22. The fourth-order valence-electron chi connectivity index (χ4n) is 3.91. The summed E-state index contributed by atoms with van der Waals surface area (Å²) in [6.07, 6.45) is 4.49. The lowest BCUT2D eigenvalue weighted by molar-refractivity contribution is 0.640. The number of fused-ring (bicyclic) bond motifs is 2. The second-order valence-corrected chi connectivity index (χ2v) is 7.05. The number of aliphatic imine (C=N–C) groups is 1. The molecule has 2 nitrogen and oxygen atoms in total. The first kappa shape index (κ1) is 17.5. The van der Waals surface area contributed by atoms with E-state index in [4.69, 9.17) is 0 Å². The summed E-state index contributed by atoms with van der Waals surface area (Å²) < 4.78 is 0. The molecule has 0 atom stereocenters. The maximum atomic E-state index is 4.68. The van der Waals surface area contributed by atoms with Crippen LogP contribution >= 0.6 is 12.4 Å². The third kappa shape index (κ3) is 2.61. The molecule has 0 unspecified atom stereocenters. The van der Waals surface area contributed by atoms with Gasteiger partial charge in [-0.3, -0.25) is 4.99 Å². The number of halogens is 1. The quantitative estimate of drug-likeness (QED) is 0.624. The second-order valence-electron chi connectivity index (χ2n) is 7.05. The molecule has 2 heterocycles. The van der Waals surface area contributed by atoms with Gasteiger partial charge in [-0.15, -0.1) is 12.4 Å². The monoisotopic (exact) mass is 350 g/mol. The van der Waals surface area contributed by atoms with Gasteiger partial charge in [-0.05, 0) is 30.7 Å². The van der Waals surface area contributed by atoms with Crippen LogP contribution in [0.3, 0.4) is 0 Å². The highest BCUT2D eigenvalue weighted by Gasteiger charge is 2.37. The van der Waals surface area contributed by atoms with Crippen LogP contribution in [0.4, 0.5) is 11.4 Å². The molecule has 2 aliphatic heterocycles. The normalized spacial score (nSPS) is 20.3. The Morgan fingerprint density at radius 3 is 2.40 bits per heavy atom. The van der Waals surface area contributed by atoms with Crippen LogP contribution in [0, 0.1) is 0 Å². The predicted octanol–water partition coefficient (Wildman–Crippen LogP) is 5.91. The van der Waals surface area contributed by atoms with Gasteiger partial charge in [0.15, 0.2) is 0 Å². The van der Waals surface area contributed by atoms with Gasteiger partial charge in [0, 0.05) is 40.7 Å². The lowest BCUT2D eigenvalue weighted by atomic mass is 9.83. The highest BCUT2D eigenvalue weighted by molar-refractivity contribution is 6.28. The maximum absolute atomic E-state index is 4.68. The Morgan fingerprint density at radius 1 is 0.960 bits per heavy atom. The standard InChI is InChI=1S/C22H22N2.ClH/c1-15-16(17-9-5-7-11-19(17)23-15)13-14-21-22(2,3)18-10-6-8-12-20(18)24(21)4;/h5-14H,1-4H3;1H/b16-13+,21-14+;. The fraction of sp³-hybridized carbons (Fsp3) is 0.227. The Labute approximate surface area is 156 Å². The van der Waals surface area contributed by atoms with E-state index in [9.17, 15) is 0 Å². The van der Waals surface area contributed by atoms with Crippen molar-refractivity contribution >= 4 is 35.1 Å². The summed E-state index contributed by atoms with van der Waals surface area (Å²) >= 11 is 0. The molecule has 0 fully saturated rings. The van der Waals surface area contributed by atoms with Crippen LogP contribution in [0.25, 0.3) is 5.57 Å². The Morgan fingerprint density at radius 2 is 1.64 bits per heavy atom. The van der Waals surface area contributed by atoms with Gasteiger partial charge < -0.3 is 4.90 Å². The lowest BCUT2D eigenvalue weighted by Gasteiger charge is -2.23. The van der Waals surface area contributed by atoms with Gasteiger partial charge in [0.1, 0.15) is 0 Å². The van der Waals surface area contributed by atoms with E-state index in [-0.39, 0.29) is 17.8 Å². The Bertz CT molecular complexity index is 919. The molecule has 2 aliphatic rings. The molecule has 0 aliphatic carbocycles. The topological polar surface area (TPSA) is 15.6 Å². The van der Waals surface area contributed by atoms with Crippen LogP contribution in [0.5, 0.6) is 0 Å². The summed E-state index contributed by atoms with van der Waals surface area (Å²) in [5.74, 6) is 0. The molecule has 0 N–H and O–H groups in total. The number of hydrogen-bond acceptors (Lipinski definition) is 2. The van der Waals surface area contributed by atoms with Crippen molar-refractivity contribution in [2.24, 2.45) is 4.99 Å². The summed E-state index contributed by atoms with van der Waals surface area (Å²) in [7, 11) is 2.15. The van der Waals surface area contributed by atoms with Crippen molar-refractivity contribution in [3.63, 3.8) is 0 Å². The van der Waals surface area contributed by atoms with Crippen LogP contribution < -0.4 is 4.90 Å². The molecule has 2 aromatic carbocycles.